The second-order valence-corrected chi connectivity index (χ2v) is 6.41. The number of esters is 1. The van der Waals surface area contributed by atoms with Crippen LogP contribution in [0.4, 0.5) is 0 Å². The molecule has 122 valence electrons. The van der Waals surface area contributed by atoms with Crippen molar-refractivity contribution >= 4 is 27.5 Å². The molecule has 1 aliphatic rings. The molecule has 4 rings (SSSR count). The normalized spacial score (nSPS) is 19.7. The predicted molar refractivity (Wildman–Crippen MR) is 92.0 cm³/mol. The lowest BCUT2D eigenvalue weighted by Gasteiger charge is -2.16. The lowest BCUT2D eigenvalue weighted by atomic mass is 10.0. The molecule has 1 fully saturated rings. The molecule has 0 saturated carbocycles. The lowest BCUT2D eigenvalue weighted by molar-refractivity contribution is -0.162. The molecular weight excluding hydrogens is 304 g/mol. The van der Waals surface area contributed by atoms with Gasteiger partial charge in [0, 0.05) is 0 Å². The third-order valence-corrected chi connectivity index (χ3v) is 4.21. The van der Waals surface area contributed by atoms with Crippen molar-refractivity contribution in [1.82, 2.24) is 0 Å². The Balaban J connectivity index is 1.65. The van der Waals surface area contributed by atoms with Crippen molar-refractivity contribution in [3.05, 3.63) is 54.6 Å². The number of fused-ring (bicyclic) bond motifs is 3. The van der Waals surface area contributed by atoms with Crippen LogP contribution < -0.4 is 4.74 Å². The van der Waals surface area contributed by atoms with Crippen LogP contribution in [0.3, 0.4) is 0 Å². The Labute approximate surface area is 139 Å². The molecule has 0 bridgehead atoms. The molecule has 1 aliphatic heterocycles. The molecule has 4 nitrogen and oxygen atoms in total. The highest BCUT2D eigenvalue weighted by atomic mass is 16.8. The quantitative estimate of drug-likeness (QED) is 0.406. The van der Waals surface area contributed by atoms with E-state index >= 15 is 0 Å². The van der Waals surface area contributed by atoms with E-state index in [-0.39, 0.29) is 6.61 Å². The Morgan fingerprint density at radius 2 is 1.75 bits per heavy atom. The fourth-order valence-electron chi connectivity index (χ4n) is 3.03. The molecule has 0 amide bonds. The first-order valence-corrected chi connectivity index (χ1v) is 7.97. The van der Waals surface area contributed by atoms with Crippen LogP contribution in [0.25, 0.3) is 21.5 Å². The molecule has 1 saturated heterocycles. The molecular formula is C20H18O4. The SMILES string of the molecule is CC1(C)OCC(C(=O)Oc2ccc3ccc4ccccc4c3c2)O1. The van der Waals surface area contributed by atoms with Gasteiger partial charge in [0.2, 0.25) is 0 Å². The zero-order valence-electron chi connectivity index (χ0n) is 13.6. The van der Waals surface area contributed by atoms with Crippen LogP contribution in [-0.4, -0.2) is 24.5 Å². The highest BCUT2D eigenvalue weighted by Crippen LogP contribution is 2.29. The first-order valence-electron chi connectivity index (χ1n) is 7.97. The van der Waals surface area contributed by atoms with E-state index in [0.29, 0.717) is 5.75 Å². The van der Waals surface area contributed by atoms with E-state index in [1.54, 1.807) is 19.9 Å². The standard InChI is InChI=1S/C20H18O4/c1-20(2)22-12-18(24-20)19(21)23-15-10-9-14-8-7-13-5-3-4-6-16(13)17(14)11-15/h3-11,18H,12H2,1-2H3. The first-order chi connectivity index (χ1) is 11.5. The minimum atomic E-state index is -0.747. The maximum Gasteiger partial charge on any atom is 0.343 e. The van der Waals surface area contributed by atoms with Gasteiger partial charge in [-0.05, 0) is 47.5 Å². The van der Waals surface area contributed by atoms with E-state index in [2.05, 4.69) is 24.3 Å². The molecule has 0 spiro atoms. The number of benzene rings is 3. The summed E-state index contributed by atoms with van der Waals surface area (Å²) in [5.41, 5.74) is 0. The van der Waals surface area contributed by atoms with Crippen molar-refractivity contribution in [2.75, 3.05) is 6.61 Å². The number of carbonyl (C=O) groups excluding carboxylic acids is 1. The summed E-state index contributed by atoms with van der Waals surface area (Å²) < 4.78 is 16.5. The van der Waals surface area contributed by atoms with Gasteiger partial charge in [-0.15, -0.1) is 0 Å². The summed E-state index contributed by atoms with van der Waals surface area (Å²) >= 11 is 0. The molecule has 1 atom stereocenters. The van der Waals surface area contributed by atoms with Crippen LogP contribution >= 0.6 is 0 Å². The number of ether oxygens (including phenoxy) is 3. The third kappa shape index (κ3) is 2.75. The Morgan fingerprint density at radius 3 is 2.50 bits per heavy atom. The summed E-state index contributed by atoms with van der Waals surface area (Å²) in [6.07, 6.45) is -0.691. The molecule has 0 aromatic heterocycles. The minimum absolute atomic E-state index is 0.211. The minimum Gasteiger partial charge on any atom is -0.425 e. The lowest BCUT2D eigenvalue weighted by Crippen LogP contribution is -2.30. The second kappa shape index (κ2) is 5.58. The Morgan fingerprint density at radius 1 is 1.04 bits per heavy atom. The van der Waals surface area contributed by atoms with Gasteiger partial charge < -0.3 is 14.2 Å². The summed E-state index contributed by atoms with van der Waals surface area (Å²) in [4.78, 5) is 12.3. The summed E-state index contributed by atoms with van der Waals surface area (Å²) in [5.74, 6) is -0.666. The van der Waals surface area contributed by atoms with E-state index in [4.69, 9.17) is 14.2 Å². The molecule has 3 aromatic rings. The number of hydrogen-bond donors (Lipinski definition) is 0. The smallest absolute Gasteiger partial charge is 0.343 e. The molecule has 4 heteroatoms. The van der Waals surface area contributed by atoms with E-state index < -0.39 is 17.9 Å². The largest absolute Gasteiger partial charge is 0.425 e. The van der Waals surface area contributed by atoms with Crippen LogP contribution in [0.1, 0.15) is 13.8 Å². The van der Waals surface area contributed by atoms with Gasteiger partial charge in [0.1, 0.15) is 5.75 Å². The molecule has 24 heavy (non-hydrogen) atoms. The summed E-state index contributed by atoms with van der Waals surface area (Å²) in [6.45, 7) is 3.77. The van der Waals surface area contributed by atoms with Crippen molar-refractivity contribution in [1.29, 1.82) is 0 Å². The van der Waals surface area contributed by atoms with Crippen LogP contribution in [0, 0.1) is 0 Å². The third-order valence-electron chi connectivity index (χ3n) is 4.21. The van der Waals surface area contributed by atoms with Crippen molar-refractivity contribution in [2.45, 2.75) is 25.7 Å². The maximum atomic E-state index is 12.3. The summed E-state index contributed by atoms with van der Waals surface area (Å²) in [5, 5.41) is 4.45. The predicted octanol–water partition coefficient (Wildman–Crippen LogP) is 4.05. The maximum absolute atomic E-state index is 12.3. The molecule has 1 unspecified atom stereocenters. The van der Waals surface area contributed by atoms with E-state index in [0.717, 1.165) is 21.5 Å². The molecule has 0 radical (unpaired) electrons. The van der Waals surface area contributed by atoms with Gasteiger partial charge in [0.25, 0.3) is 0 Å². The average Bonchev–Trinajstić information content (AvgIpc) is 2.95. The van der Waals surface area contributed by atoms with Gasteiger partial charge in [0.15, 0.2) is 11.9 Å². The van der Waals surface area contributed by atoms with E-state index in [9.17, 15) is 4.79 Å². The van der Waals surface area contributed by atoms with Gasteiger partial charge in [-0.25, -0.2) is 4.79 Å². The zero-order valence-corrected chi connectivity index (χ0v) is 13.6. The molecule has 0 N–H and O–H groups in total. The molecule has 1 heterocycles. The monoisotopic (exact) mass is 322 g/mol. The Hall–Kier alpha value is -2.43. The number of carbonyl (C=O) groups is 1. The van der Waals surface area contributed by atoms with Gasteiger partial charge >= 0.3 is 5.97 Å². The van der Waals surface area contributed by atoms with Crippen molar-refractivity contribution < 1.29 is 19.0 Å². The highest BCUT2D eigenvalue weighted by Gasteiger charge is 2.38. The van der Waals surface area contributed by atoms with Gasteiger partial charge in [0.05, 0.1) is 6.61 Å². The fourth-order valence-corrected chi connectivity index (χ4v) is 3.03. The molecule has 3 aromatic carbocycles. The molecule has 0 aliphatic carbocycles. The zero-order chi connectivity index (χ0) is 16.7. The topological polar surface area (TPSA) is 44.8 Å². The van der Waals surface area contributed by atoms with E-state index in [1.165, 1.54) is 0 Å². The fraction of sp³-hybridized carbons (Fsp3) is 0.250. The van der Waals surface area contributed by atoms with Crippen molar-refractivity contribution in [3.8, 4) is 5.75 Å². The summed E-state index contributed by atoms with van der Waals surface area (Å²) in [6, 6.07) is 18.0. The van der Waals surface area contributed by atoms with Crippen LogP contribution in [0.2, 0.25) is 0 Å². The number of hydrogen-bond acceptors (Lipinski definition) is 4. The van der Waals surface area contributed by atoms with Crippen LogP contribution in [-0.2, 0) is 14.3 Å². The first kappa shape index (κ1) is 15.1. The van der Waals surface area contributed by atoms with E-state index in [1.807, 2.05) is 24.3 Å². The van der Waals surface area contributed by atoms with Crippen LogP contribution in [0.5, 0.6) is 5.75 Å². The second-order valence-electron chi connectivity index (χ2n) is 6.41. The average molecular weight is 322 g/mol. The Kier molecular flexibility index (Phi) is 3.52. The van der Waals surface area contributed by atoms with Gasteiger partial charge in [-0.1, -0.05) is 42.5 Å². The Bertz CT molecular complexity index is 929. The van der Waals surface area contributed by atoms with Gasteiger partial charge in [-0.3, -0.25) is 0 Å². The van der Waals surface area contributed by atoms with Gasteiger partial charge in [-0.2, -0.15) is 0 Å². The van der Waals surface area contributed by atoms with Crippen molar-refractivity contribution in [2.24, 2.45) is 0 Å². The van der Waals surface area contributed by atoms with Crippen LogP contribution in [0.15, 0.2) is 54.6 Å². The highest BCUT2D eigenvalue weighted by molar-refractivity contribution is 6.07. The number of rotatable bonds is 2. The summed E-state index contributed by atoms with van der Waals surface area (Å²) in [7, 11) is 0. The van der Waals surface area contributed by atoms with Crippen molar-refractivity contribution in [3.63, 3.8) is 0 Å².